The van der Waals surface area contributed by atoms with Crippen molar-refractivity contribution in [1.82, 2.24) is 5.32 Å². The number of carbonyl (C=O) groups is 2. The average Bonchev–Trinajstić information content (AvgIpc) is 2.28. The van der Waals surface area contributed by atoms with Crippen molar-refractivity contribution in [2.24, 2.45) is 0 Å². The van der Waals surface area contributed by atoms with E-state index in [-0.39, 0.29) is 5.91 Å². The molecule has 0 fully saturated rings. The molecular formula is C12H15NO3. The van der Waals surface area contributed by atoms with Crippen molar-refractivity contribution in [1.29, 1.82) is 0 Å². The van der Waals surface area contributed by atoms with Gasteiger partial charge in [-0.2, -0.15) is 0 Å². The van der Waals surface area contributed by atoms with Crippen LogP contribution in [-0.4, -0.2) is 25.0 Å². The summed E-state index contributed by atoms with van der Waals surface area (Å²) in [7, 11) is 1.29. The van der Waals surface area contributed by atoms with E-state index in [1.165, 1.54) is 7.11 Å². The Kier molecular flexibility index (Phi) is 4.05. The van der Waals surface area contributed by atoms with E-state index in [1.54, 1.807) is 19.1 Å². The summed E-state index contributed by atoms with van der Waals surface area (Å²) in [6, 6.07) is 6.48. The maximum atomic E-state index is 11.7. The molecule has 0 saturated heterocycles. The van der Waals surface area contributed by atoms with Crippen molar-refractivity contribution in [2.45, 2.75) is 19.9 Å². The van der Waals surface area contributed by atoms with E-state index in [4.69, 9.17) is 0 Å². The van der Waals surface area contributed by atoms with E-state index >= 15 is 0 Å². The molecule has 0 unspecified atom stereocenters. The molecule has 4 heteroatoms. The first-order chi connectivity index (χ1) is 7.54. The normalized spacial score (nSPS) is 11.7. The topological polar surface area (TPSA) is 55.4 Å². The number of carbonyl (C=O) groups excluding carboxylic acids is 2. The zero-order valence-corrected chi connectivity index (χ0v) is 9.61. The highest BCUT2D eigenvalue weighted by Gasteiger charge is 2.16. The molecule has 0 aliphatic rings. The molecule has 0 saturated carbocycles. The van der Waals surface area contributed by atoms with Gasteiger partial charge >= 0.3 is 5.97 Å². The number of amides is 1. The fraction of sp³-hybridized carbons (Fsp3) is 0.333. The lowest BCUT2D eigenvalue weighted by atomic mass is 10.1. The van der Waals surface area contributed by atoms with Crippen LogP contribution in [-0.2, 0) is 9.53 Å². The number of ether oxygens (including phenoxy) is 1. The first-order valence-corrected chi connectivity index (χ1v) is 5.00. The highest BCUT2D eigenvalue weighted by Crippen LogP contribution is 2.03. The standard InChI is InChI=1S/C12H15NO3/c1-8-4-6-10(7-5-8)11(14)13-9(2)12(15)16-3/h4-7,9H,1-3H3,(H,13,14)/t9-/m0/s1. The Labute approximate surface area is 94.6 Å². The van der Waals surface area contributed by atoms with Crippen LogP contribution in [0, 0.1) is 6.92 Å². The van der Waals surface area contributed by atoms with Crippen molar-refractivity contribution >= 4 is 11.9 Å². The van der Waals surface area contributed by atoms with Crippen LogP contribution in [0.15, 0.2) is 24.3 Å². The molecule has 0 heterocycles. The van der Waals surface area contributed by atoms with Crippen molar-refractivity contribution in [3.8, 4) is 0 Å². The van der Waals surface area contributed by atoms with E-state index in [0.717, 1.165) is 5.56 Å². The minimum Gasteiger partial charge on any atom is -0.467 e. The summed E-state index contributed by atoms with van der Waals surface area (Å²) in [6.45, 7) is 3.52. The van der Waals surface area contributed by atoms with Crippen LogP contribution in [0.25, 0.3) is 0 Å². The van der Waals surface area contributed by atoms with Crippen LogP contribution in [0.2, 0.25) is 0 Å². The van der Waals surface area contributed by atoms with Crippen molar-refractivity contribution in [2.75, 3.05) is 7.11 Å². The first kappa shape index (κ1) is 12.2. The van der Waals surface area contributed by atoms with Gasteiger partial charge in [-0.1, -0.05) is 17.7 Å². The number of aryl methyl sites for hydroxylation is 1. The van der Waals surface area contributed by atoms with Gasteiger partial charge in [-0.15, -0.1) is 0 Å². The number of benzene rings is 1. The van der Waals surface area contributed by atoms with Gasteiger partial charge in [-0.25, -0.2) is 4.79 Å². The number of nitrogens with one attached hydrogen (secondary N) is 1. The number of hydrogen-bond donors (Lipinski definition) is 1. The van der Waals surface area contributed by atoms with Crippen molar-refractivity contribution in [3.63, 3.8) is 0 Å². The fourth-order valence-corrected chi connectivity index (χ4v) is 1.22. The largest absolute Gasteiger partial charge is 0.467 e. The lowest BCUT2D eigenvalue weighted by Crippen LogP contribution is -2.39. The molecule has 1 aromatic carbocycles. The van der Waals surface area contributed by atoms with Crippen LogP contribution in [0.1, 0.15) is 22.8 Å². The van der Waals surface area contributed by atoms with E-state index in [1.807, 2.05) is 19.1 Å². The Morgan fingerprint density at radius 2 is 1.81 bits per heavy atom. The second-order valence-corrected chi connectivity index (χ2v) is 3.58. The molecule has 0 radical (unpaired) electrons. The van der Waals surface area contributed by atoms with Crippen LogP contribution < -0.4 is 5.32 Å². The van der Waals surface area contributed by atoms with E-state index in [2.05, 4.69) is 10.1 Å². The second kappa shape index (κ2) is 5.30. The summed E-state index contributed by atoms with van der Waals surface area (Å²) in [4.78, 5) is 22.8. The molecule has 0 aromatic heterocycles. The van der Waals surface area contributed by atoms with Gasteiger partial charge in [0.1, 0.15) is 6.04 Å². The smallest absolute Gasteiger partial charge is 0.328 e. The van der Waals surface area contributed by atoms with Gasteiger partial charge in [0.05, 0.1) is 7.11 Å². The Balaban J connectivity index is 2.65. The fourth-order valence-electron chi connectivity index (χ4n) is 1.22. The van der Waals surface area contributed by atoms with Crippen LogP contribution in [0.3, 0.4) is 0 Å². The molecule has 1 aromatic rings. The third-order valence-electron chi connectivity index (χ3n) is 2.22. The quantitative estimate of drug-likeness (QED) is 0.782. The summed E-state index contributed by atoms with van der Waals surface area (Å²) in [5.41, 5.74) is 1.61. The van der Waals surface area contributed by atoms with Crippen LogP contribution in [0.5, 0.6) is 0 Å². The molecule has 1 atom stereocenters. The highest BCUT2D eigenvalue weighted by molar-refractivity contribution is 5.96. The van der Waals surface area contributed by atoms with E-state index in [0.29, 0.717) is 5.56 Å². The van der Waals surface area contributed by atoms with Gasteiger partial charge in [-0.05, 0) is 26.0 Å². The summed E-state index contributed by atoms with van der Waals surface area (Å²) < 4.78 is 4.51. The predicted molar refractivity (Wildman–Crippen MR) is 60.1 cm³/mol. The Morgan fingerprint density at radius 1 is 1.25 bits per heavy atom. The van der Waals surface area contributed by atoms with Gasteiger partial charge in [-0.3, -0.25) is 4.79 Å². The SMILES string of the molecule is COC(=O)[C@H](C)NC(=O)c1ccc(C)cc1. The third kappa shape index (κ3) is 3.08. The molecule has 0 bridgehead atoms. The molecule has 1 amide bonds. The lowest BCUT2D eigenvalue weighted by Gasteiger charge is -2.11. The van der Waals surface area contributed by atoms with Crippen molar-refractivity contribution in [3.05, 3.63) is 35.4 Å². The molecule has 4 nitrogen and oxygen atoms in total. The minimum atomic E-state index is -0.640. The number of hydrogen-bond acceptors (Lipinski definition) is 3. The first-order valence-electron chi connectivity index (χ1n) is 5.00. The maximum Gasteiger partial charge on any atom is 0.328 e. The Bertz CT molecular complexity index is 384. The highest BCUT2D eigenvalue weighted by atomic mass is 16.5. The van der Waals surface area contributed by atoms with Gasteiger partial charge in [0.15, 0.2) is 0 Å². The second-order valence-electron chi connectivity index (χ2n) is 3.58. The molecule has 86 valence electrons. The lowest BCUT2D eigenvalue weighted by molar-refractivity contribution is -0.142. The summed E-state index contributed by atoms with van der Waals surface area (Å²) in [6.07, 6.45) is 0. The average molecular weight is 221 g/mol. The summed E-state index contributed by atoms with van der Waals surface area (Å²) in [5, 5.41) is 2.55. The van der Waals surface area contributed by atoms with E-state index in [9.17, 15) is 9.59 Å². The van der Waals surface area contributed by atoms with Crippen molar-refractivity contribution < 1.29 is 14.3 Å². The molecule has 0 aliphatic carbocycles. The summed E-state index contributed by atoms with van der Waals surface area (Å²) in [5.74, 6) is -0.738. The molecule has 1 N–H and O–H groups in total. The summed E-state index contributed by atoms with van der Waals surface area (Å²) >= 11 is 0. The minimum absolute atomic E-state index is 0.280. The van der Waals surface area contributed by atoms with Gasteiger partial charge in [0.25, 0.3) is 5.91 Å². The number of rotatable bonds is 3. The molecule has 16 heavy (non-hydrogen) atoms. The van der Waals surface area contributed by atoms with Crippen LogP contribution >= 0.6 is 0 Å². The molecule has 1 rings (SSSR count). The van der Waals surface area contributed by atoms with Gasteiger partial charge in [0.2, 0.25) is 0 Å². The zero-order valence-electron chi connectivity index (χ0n) is 9.61. The van der Waals surface area contributed by atoms with E-state index < -0.39 is 12.0 Å². The van der Waals surface area contributed by atoms with Gasteiger partial charge in [0, 0.05) is 5.56 Å². The number of esters is 1. The predicted octanol–water partition coefficient (Wildman–Crippen LogP) is 1.29. The maximum absolute atomic E-state index is 11.7. The molecule has 0 aliphatic heterocycles. The zero-order chi connectivity index (χ0) is 12.1. The van der Waals surface area contributed by atoms with Crippen LogP contribution in [0.4, 0.5) is 0 Å². The Hall–Kier alpha value is -1.84. The Morgan fingerprint density at radius 3 is 2.31 bits per heavy atom. The third-order valence-corrected chi connectivity index (χ3v) is 2.22. The molecular weight excluding hydrogens is 206 g/mol. The van der Waals surface area contributed by atoms with Gasteiger partial charge < -0.3 is 10.1 Å². The molecule has 0 spiro atoms. The monoisotopic (exact) mass is 221 g/mol. The number of methoxy groups -OCH3 is 1.